The van der Waals surface area contributed by atoms with E-state index in [1.807, 2.05) is 0 Å². The minimum Gasteiger partial charge on any atom is -0.459 e. The fourth-order valence-corrected chi connectivity index (χ4v) is 3.37. The zero-order chi connectivity index (χ0) is 20.3. The first-order chi connectivity index (χ1) is 13.2. The second kappa shape index (κ2) is 7.97. The predicted molar refractivity (Wildman–Crippen MR) is 95.8 cm³/mol. The summed E-state index contributed by atoms with van der Waals surface area (Å²) in [6.07, 6.45) is -3.51. The Morgan fingerprint density at radius 2 is 2.00 bits per heavy atom. The number of carbonyl (C=O) groups is 3. The highest BCUT2D eigenvalue weighted by Crippen LogP contribution is 2.36. The Kier molecular flexibility index (Phi) is 5.63. The quantitative estimate of drug-likeness (QED) is 0.786. The molecular weight excluding hydrogens is 399 g/mol. The monoisotopic (exact) mass is 413 g/mol. The summed E-state index contributed by atoms with van der Waals surface area (Å²) in [5, 5.41) is 4.48. The van der Waals surface area contributed by atoms with Gasteiger partial charge in [0.2, 0.25) is 11.8 Å². The minimum absolute atomic E-state index is 0.0564. The number of benzene rings is 1. The van der Waals surface area contributed by atoms with E-state index in [1.165, 1.54) is 41.1 Å². The van der Waals surface area contributed by atoms with Crippen molar-refractivity contribution in [2.75, 3.05) is 28.8 Å². The van der Waals surface area contributed by atoms with Gasteiger partial charge in [-0.05, 0) is 30.3 Å². The molecule has 7 nitrogen and oxygen atoms in total. The van der Waals surface area contributed by atoms with Crippen LogP contribution in [-0.4, -0.2) is 40.8 Å². The summed E-state index contributed by atoms with van der Waals surface area (Å²) < 4.78 is 45.1. The second-order valence-corrected chi connectivity index (χ2v) is 6.76. The van der Waals surface area contributed by atoms with Gasteiger partial charge >= 0.3 is 6.18 Å². The average molecular weight is 413 g/mol. The number of hydrogen-bond donors (Lipinski definition) is 2. The number of halogens is 3. The van der Waals surface area contributed by atoms with Gasteiger partial charge in [0.05, 0.1) is 29.1 Å². The number of furan rings is 1. The van der Waals surface area contributed by atoms with Crippen molar-refractivity contribution < 1.29 is 32.0 Å². The van der Waals surface area contributed by atoms with Crippen LogP contribution in [0.5, 0.6) is 0 Å². The number of amides is 3. The van der Waals surface area contributed by atoms with E-state index in [2.05, 4.69) is 10.6 Å². The normalized spacial score (nSPS) is 14.2. The van der Waals surface area contributed by atoms with Crippen molar-refractivity contribution in [3.05, 3.63) is 47.9 Å². The van der Waals surface area contributed by atoms with Gasteiger partial charge in [-0.2, -0.15) is 13.2 Å². The number of alkyl halides is 3. The molecule has 3 rings (SSSR count). The molecule has 1 aromatic carbocycles. The molecule has 1 aliphatic rings. The third kappa shape index (κ3) is 4.66. The summed E-state index contributed by atoms with van der Waals surface area (Å²) in [6, 6.07) is 5.82. The lowest BCUT2D eigenvalue weighted by atomic mass is 10.1. The summed E-state index contributed by atoms with van der Waals surface area (Å²) in [7, 11) is 0. The highest BCUT2D eigenvalue weighted by molar-refractivity contribution is 8.00. The Labute approximate surface area is 161 Å². The first-order valence-corrected chi connectivity index (χ1v) is 9.11. The zero-order valence-corrected chi connectivity index (χ0v) is 15.0. The molecular formula is C17H14F3N3O4S. The van der Waals surface area contributed by atoms with Crippen molar-refractivity contribution in [1.82, 2.24) is 4.90 Å². The van der Waals surface area contributed by atoms with Crippen molar-refractivity contribution in [2.24, 2.45) is 0 Å². The molecule has 0 radical (unpaired) electrons. The van der Waals surface area contributed by atoms with Gasteiger partial charge in [-0.1, -0.05) is 0 Å². The first-order valence-electron chi connectivity index (χ1n) is 7.95. The van der Waals surface area contributed by atoms with Crippen molar-refractivity contribution in [1.29, 1.82) is 0 Å². The fraction of sp³-hybridized carbons (Fsp3) is 0.235. The maximum absolute atomic E-state index is 13.4. The van der Waals surface area contributed by atoms with Crippen LogP contribution in [0, 0.1) is 0 Å². The number of anilines is 2. The maximum atomic E-state index is 13.4. The van der Waals surface area contributed by atoms with Crippen LogP contribution < -0.4 is 10.6 Å². The molecule has 0 unspecified atom stereocenters. The summed E-state index contributed by atoms with van der Waals surface area (Å²) in [5.74, 6) is -1.19. The van der Waals surface area contributed by atoms with Crippen LogP contribution in [0.15, 0.2) is 41.0 Å². The average Bonchev–Trinajstić information content (AvgIpc) is 3.28. The van der Waals surface area contributed by atoms with E-state index in [4.69, 9.17) is 4.42 Å². The Balaban J connectivity index is 1.76. The van der Waals surface area contributed by atoms with Gasteiger partial charge in [0.1, 0.15) is 6.54 Å². The maximum Gasteiger partial charge on any atom is 0.418 e. The van der Waals surface area contributed by atoms with E-state index in [-0.39, 0.29) is 29.7 Å². The van der Waals surface area contributed by atoms with Gasteiger partial charge in [-0.25, -0.2) is 0 Å². The lowest BCUT2D eigenvalue weighted by Crippen LogP contribution is -2.34. The number of carbonyl (C=O) groups excluding carboxylic acids is 3. The van der Waals surface area contributed by atoms with Crippen LogP contribution in [0.1, 0.15) is 16.1 Å². The summed E-state index contributed by atoms with van der Waals surface area (Å²) in [4.78, 5) is 36.8. The molecule has 1 saturated heterocycles. The van der Waals surface area contributed by atoms with Crippen LogP contribution in [-0.2, 0) is 15.8 Å². The van der Waals surface area contributed by atoms with E-state index < -0.39 is 29.2 Å². The summed E-state index contributed by atoms with van der Waals surface area (Å²) in [5.41, 5.74) is -1.70. The first kappa shape index (κ1) is 19.8. The molecule has 3 amide bonds. The number of nitrogens with zero attached hydrogens (tertiary/aromatic N) is 1. The summed E-state index contributed by atoms with van der Waals surface area (Å²) >= 11 is 1.32. The van der Waals surface area contributed by atoms with Crippen LogP contribution in [0.3, 0.4) is 0 Å². The predicted octanol–water partition coefficient (Wildman–Crippen LogP) is 3.02. The van der Waals surface area contributed by atoms with Gasteiger partial charge in [-0.3, -0.25) is 14.4 Å². The standard InChI is InChI=1S/C17H14F3N3O4S/c18-17(19,20)11-6-10(21-16(26)13-2-1-5-27-13)3-4-12(11)22-14(24)7-23-9-28-8-15(23)25/h1-6H,7-9H2,(H,21,26)(H,22,24). The molecule has 148 valence electrons. The van der Waals surface area contributed by atoms with E-state index in [1.54, 1.807) is 0 Å². The molecule has 11 heteroatoms. The molecule has 2 N–H and O–H groups in total. The molecule has 2 aromatic rings. The van der Waals surface area contributed by atoms with E-state index in [0.717, 1.165) is 6.07 Å². The molecule has 1 aliphatic heterocycles. The Morgan fingerprint density at radius 1 is 1.21 bits per heavy atom. The topological polar surface area (TPSA) is 91.7 Å². The van der Waals surface area contributed by atoms with Crippen LogP contribution in [0.4, 0.5) is 24.5 Å². The highest BCUT2D eigenvalue weighted by Gasteiger charge is 2.35. The van der Waals surface area contributed by atoms with E-state index in [0.29, 0.717) is 11.9 Å². The smallest absolute Gasteiger partial charge is 0.418 e. The van der Waals surface area contributed by atoms with Gasteiger partial charge in [0.25, 0.3) is 5.91 Å². The van der Waals surface area contributed by atoms with E-state index >= 15 is 0 Å². The van der Waals surface area contributed by atoms with Crippen molar-refractivity contribution in [2.45, 2.75) is 6.18 Å². The fourth-order valence-electron chi connectivity index (χ4n) is 2.47. The van der Waals surface area contributed by atoms with Gasteiger partial charge in [0.15, 0.2) is 5.76 Å². The van der Waals surface area contributed by atoms with Crippen molar-refractivity contribution in [3.63, 3.8) is 0 Å². The number of thioether (sulfide) groups is 1. The Hall–Kier alpha value is -2.95. The zero-order valence-electron chi connectivity index (χ0n) is 14.2. The summed E-state index contributed by atoms with van der Waals surface area (Å²) in [6.45, 7) is -0.333. The molecule has 2 heterocycles. The Morgan fingerprint density at radius 3 is 2.61 bits per heavy atom. The molecule has 0 atom stereocenters. The number of nitrogens with one attached hydrogen (secondary N) is 2. The van der Waals surface area contributed by atoms with Crippen LogP contribution in [0.25, 0.3) is 0 Å². The van der Waals surface area contributed by atoms with Crippen LogP contribution >= 0.6 is 11.8 Å². The Bertz CT molecular complexity index is 900. The number of rotatable bonds is 5. The third-order valence-corrected chi connectivity index (χ3v) is 4.71. The second-order valence-electron chi connectivity index (χ2n) is 5.81. The van der Waals surface area contributed by atoms with Gasteiger partial charge in [0, 0.05) is 5.69 Å². The molecule has 1 aromatic heterocycles. The number of hydrogen-bond acceptors (Lipinski definition) is 5. The molecule has 0 saturated carbocycles. The van der Waals surface area contributed by atoms with Crippen molar-refractivity contribution >= 4 is 40.9 Å². The van der Waals surface area contributed by atoms with Crippen molar-refractivity contribution in [3.8, 4) is 0 Å². The highest BCUT2D eigenvalue weighted by atomic mass is 32.2. The van der Waals surface area contributed by atoms with Crippen LogP contribution in [0.2, 0.25) is 0 Å². The van der Waals surface area contributed by atoms with E-state index in [9.17, 15) is 27.6 Å². The SMILES string of the molecule is O=C(CN1CSCC1=O)Nc1ccc(NC(=O)c2ccco2)cc1C(F)(F)F. The van der Waals surface area contributed by atoms with Gasteiger partial charge in [-0.15, -0.1) is 11.8 Å². The minimum atomic E-state index is -4.77. The van der Waals surface area contributed by atoms with Gasteiger partial charge < -0.3 is 20.0 Å². The molecule has 1 fully saturated rings. The lowest BCUT2D eigenvalue weighted by molar-refractivity contribution is -0.137. The lowest BCUT2D eigenvalue weighted by Gasteiger charge is -2.18. The third-order valence-electron chi connectivity index (χ3n) is 3.76. The largest absolute Gasteiger partial charge is 0.459 e. The molecule has 28 heavy (non-hydrogen) atoms. The molecule has 0 bridgehead atoms. The molecule has 0 aliphatic carbocycles. The molecule has 0 spiro atoms.